The number of nitrogens with zero attached hydrogens (tertiary/aromatic N) is 1. The lowest BCUT2D eigenvalue weighted by Crippen LogP contribution is -2.37. The number of rotatable bonds is 5. The minimum atomic E-state index is -0.0901. The summed E-state index contributed by atoms with van der Waals surface area (Å²) in [6.45, 7) is 0.0958. The van der Waals surface area contributed by atoms with Gasteiger partial charge in [0.15, 0.2) is 0 Å². The van der Waals surface area contributed by atoms with Gasteiger partial charge in [0, 0.05) is 37.4 Å². The van der Waals surface area contributed by atoms with Gasteiger partial charge in [-0.05, 0) is 55.4 Å². The number of carbonyl (C=O) groups excluding carboxylic acids is 2. The number of nitrogens with one attached hydrogen (secondary N) is 1. The van der Waals surface area contributed by atoms with Crippen molar-refractivity contribution in [2.45, 2.75) is 38.1 Å². The fraction of sp³-hybridized carbons (Fsp3) is 0.529. The van der Waals surface area contributed by atoms with E-state index in [4.69, 9.17) is 5.11 Å². The molecule has 1 heterocycles. The lowest BCUT2D eigenvalue weighted by molar-refractivity contribution is -0.118. The summed E-state index contributed by atoms with van der Waals surface area (Å²) in [7, 11) is 1.77. The summed E-state index contributed by atoms with van der Waals surface area (Å²) in [5, 5.41) is 12.2. The Morgan fingerprint density at radius 1 is 1.41 bits per heavy atom. The summed E-state index contributed by atoms with van der Waals surface area (Å²) in [4.78, 5) is 25.8. The first-order valence-electron chi connectivity index (χ1n) is 7.91. The van der Waals surface area contributed by atoms with Crippen LogP contribution in [0.15, 0.2) is 18.2 Å². The van der Waals surface area contributed by atoms with Gasteiger partial charge in [0.25, 0.3) is 5.91 Å². The Bertz CT molecular complexity index is 596. The highest BCUT2D eigenvalue weighted by Gasteiger charge is 2.32. The van der Waals surface area contributed by atoms with E-state index in [0.29, 0.717) is 30.7 Å². The molecule has 22 heavy (non-hydrogen) atoms. The normalized spacial score (nSPS) is 18.8. The first-order valence-corrected chi connectivity index (χ1v) is 7.91. The van der Waals surface area contributed by atoms with E-state index in [1.807, 2.05) is 12.1 Å². The third-order valence-electron chi connectivity index (χ3n) is 4.63. The molecule has 0 saturated heterocycles. The van der Waals surface area contributed by atoms with Crippen LogP contribution in [-0.4, -0.2) is 36.6 Å². The number of amides is 2. The molecule has 0 aromatic heterocycles. The second-order valence-electron chi connectivity index (χ2n) is 6.23. The molecule has 2 aliphatic rings. The fourth-order valence-corrected chi connectivity index (χ4v) is 3.11. The molecule has 0 spiro atoms. The summed E-state index contributed by atoms with van der Waals surface area (Å²) in [6, 6.07) is 5.57. The van der Waals surface area contributed by atoms with E-state index < -0.39 is 0 Å². The Hall–Kier alpha value is -1.88. The lowest BCUT2D eigenvalue weighted by atomic mass is 9.98. The predicted molar refractivity (Wildman–Crippen MR) is 83.9 cm³/mol. The molecule has 0 bridgehead atoms. The summed E-state index contributed by atoms with van der Waals surface area (Å²) in [5.41, 5.74) is 2.56. The molecule has 2 amide bonds. The maximum Gasteiger partial charge on any atom is 0.251 e. The van der Waals surface area contributed by atoms with Crippen molar-refractivity contribution in [3.8, 4) is 0 Å². The molecular weight excluding hydrogens is 280 g/mol. The molecule has 1 atom stereocenters. The van der Waals surface area contributed by atoms with Crippen LogP contribution in [0.2, 0.25) is 0 Å². The number of aliphatic hydroxyl groups is 1. The van der Waals surface area contributed by atoms with Gasteiger partial charge in [0.1, 0.15) is 0 Å². The molecule has 118 valence electrons. The SMILES string of the molecule is CN1C(=O)CCc2cc(C(=O)NC(CCO)C3CC3)ccc21. The largest absolute Gasteiger partial charge is 0.396 e. The molecule has 1 aliphatic heterocycles. The maximum absolute atomic E-state index is 12.4. The average Bonchev–Trinajstić information content (AvgIpc) is 3.35. The van der Waals surface area contributed by atoms with E-state index in [0.717, 1.165) is 24.1 Å². The van der Waals surface area contributed by atoms with Crippen LogP contribution in [-0.2, 0) is 11.2 Å². The highest BCUT2D eigenvalue weighted by atomic mass is 16.3. The molecule has 0 radical (unpaired) electrons. The number of hydrogen-bond donors (Lipinski definition) is 2. The highest BCUT2D eigenvalue weighted by molar-refractivity contribution is 5.99. The van der Waals surface area contributed by atoms with Crippen LogP contribution in [0.1, 0.15) is 41.6 Å². The predicted octanol–water partition coefficient (Wildman–Crippen LogP) is 1.49. The minimum absolute atomic E-state index is 0.0674. The first kappa shape index (κ1) is 15.0. The van der Waals surface area contributed by atoms with Crippen LogP contribution in [0.3, 0.4) is 0 Å². The molecule has 5 nitrogen and oxygen atoms in total. The van der Waals surface area contributed by atoms with Gasteiger partial charge in [-0.2, -0.15) is 0 Å². The molecule has 1 unspecified atom stereocenters. The number of aliphatic hydroxyl groups excluding tert-OH is 1. The van der Waals surface area contributed by atoms with Crippen LogP contribution >= 0.6 is 0 Å². The van der Waals surface area contributed by atoms with Gasteiger partial charge in [0.05, 0.1) is 0 Å². The Morgan fingerprint density at radius 3 is 2.86 bits per heavy atom. The standard InChI is InChI=1S/C17H22N2O3/c1-19-15-6-4-13(10-12(15)5-7-16(19)21)17(22)18-14(8-9-20)11-2-3-11/h4,6,10-11,14,20H,2-3,5,7-9H2,1H3,(H,18,22). The van der Waals surface area contributed by atoms with Crippen LogP contribution in [0.5, 0.6) is 0 Å². The third-order valence-corrected chi connectivity index (χ3v) is 4.63. The maximum atomic E-state index is 12.4. The quantitative estimate of drug-likeness (QED) is 0.865. The van der Waals surface area contributed by atoms with E-state index in [-0.39, 0.29) is 24.5 Å². The van der Waals surface area contributed by atoms with E-state index in [1.54, 1.807) is 18.0 Å². The zero-order valence-corrected chi connectivity index (χ0v) is 12.8. The number of anilines is 1. The van der Waals surface area contributed by atoms with Gasteiger partial charge in [-0.1, -0.05) is 0 Å². The Morgan fingerprint density at radius 2 is 2.18 bits per heavy atom. The number of benzene rings is 1. The fourth-order valence-electron chi connectivity index (χ4n) is 3.11. The van der Waals surface area contributed by atoms with E-state index in [9.17, 15) is 9.59 Å². The zero-order valence-electron chi connectivity index (χ0n) is 12.8. The van der Waals surface area contributed by atoms with Gasteiger partial charge >= 0.3 is 0 Å². The molecule has 1 aromatic carbocycles. The summed E-state index contributed by atoms with van der Waals surface area (Å²) < 4.78 is 0. The van der Waals surface area contributed by atoms with Crippen molar-refractivity contribution in [2.75, 3.05) is 18.6 Å². The Labute approximate surface area is 130 Å². The third kappa shape index (κ3) is 2.99. The van der Waals surface area contributed by atoms with Crippen LogP contribution < -0.4 is 10.2 Å². The molecule has 5 heteroatoms. The second kappa shape index (κ2) is 6.08. The molecule has 1 aromatic rings. The highest BCUT2D eigenvalue weighted by Crippen LogP contribution is 2.34. The van der Waals surface area contributed by atoms with Gasteiger partial charge in [-0.3, -0.25) is 9.59 Å². The molecule has 1 fully saturated rings. The van der Waals surface area contributed by atoms with Gasteiger partial charge in [-0.25, -0.2) is 0 Å². The zero-order chi connectivity index (χ0) is 15.7. The summed E-state index contributed by atoms with van der Waals surface area (Å²) >= 11 is 0. The molecule has 3 rings (SSSR count). The minimum Gasteiger partial charge on any atom is -0.396 e. The second-order valence-corrected chi connectivity index (χ2v) is 6.23. The number of carbonyl (C=O) groups is 2. The van der Waals surface area contributed by atoms with E-state index in [1.165, 1.54) is 0 Å². The molecule has 1 aliphatic carbocycles. The molecule has 2 N–H and O–H groups in total. The van der Waals surface area contributed by atoms with Crippen LogP contribution in [0, 0.1) is 5.92 Å². The lowest BCUT2D eigenvalue weighted by Gasteiger charge is -2.26. The van der Waals surface area contributed by atoms with Gasteiger partial charge in [-0.15, -0.1) is 0 Å². The topological polar surface area (TPSA) is 69.6 Å². The van der Waals surface area contributed by atoms with Crippen molar-refractivity contribution in [3.63, 3.8) is 0 Å². The summed E-state index contributed by atoms with van der Waals surface area (Å²) in [6.07, 6.45) is 4.04. The van der Waals surface area contributed by atoms with E-state index in [2.05, 4.69) is 5.32 Å². The number of fused-ring (bicyclic) bond motifs is 1. The van der Waals surface area contributed by atoms with E-state index >= 15 is 0 Å². The van der Waals surface area contributed by atoms with Crippen molar-refractivity contribution < 1.29 is 14.7 Å². The Balaban J connectivity index is 1.74. The Kier molecular flexibility index (Phi) is 4.16. The summed E-state index contributed by atoms with van der Waals surface area (Å²) in [5.74, 6) is 0.534. The van der Waals surface area contributed by atoms with Crippen molar-refractivity contribution >= 4 is 17.5 Å². The van der Waals surface area contributed by atoms with Crippen LogP contribution in [0.25, 0.3) is 0 Å². The van der Waals surface area contributed by atoms with Crippen molar-refractivity contribution in [3.05, 3.63) is 29.3 Å². The van der Waals surface area contributed by atoms with Crippen molar-refractivity contribution in [1.29, 1.82) is 0 Å². The average molecular weight is 302 g/mol. The van der Waals surface area contributed by atoms with Crippen molar-refractivity contribution in [1.82, 2.24) is 5.32 Å². The monoisotopic (exact) mass is 302 g/mol. The van der Waals surface area contributed by atoms with Crippen molar-refractivity contribution in [2.24, 2.45) is 5.92 Å². The van der Waals surface area contributed by atoms with Crippen LogP contribution in [0.4, 0.5) is 5.69 Å². The smallest absolute Gasteiger partial charge is 0.251 e. The van der Waals surface area contributed by atoms with Gasteiger partial charge in [0.2, 0.25) is 5.91 Å². The molecule has 1 saturated carbocycles. The van der Waals surface area contributed by atoms with Gasteiger partial charge < -0.3 is 15.3 Å². The first-order chi connectivity index (χ1) is 10.6. The number of hydrogen-bond acceptors (Lipinski definition) is 3. The number of aryl methyl sites for hydroxylation is 1. The molecular formula is C17H22N2O3.